The molecule has 1 N–H and O–H groups in total. The van der Waals surface area contributed by atoms with Crippen molar-refractivity contribution in [2.75, 3.05) is 0 Å². The normalized spacial score (nSPS) is 18.0. The average Bonchev–Trinajstić information content (AvgIpc) is 2.68. The Hall–Kier alpha value is -1.98. The van der Waals surface area contributed by atoms with Crippen LogP contribution in [0.4, 0.5) is 0 Å². The topological polar surface area (TPSA) is 97.7 Å². The number of carboxylic acids is 1. The molecule has 6 nitrogen and oxygen atoms in total. The Labute approximate surface area is 123 Å². The van der Waals surface area contributed by atoms with Gasteiger partial charge in [-0.25, -0.2) is 0 Å². The maximum absolute atomic E-state index is 11.9. The molecule has 1 unspecified atom stereocenters. The fourth-order valence-electron chi connectivity index (χ4n) is 2.42. The standard InChI is InChI=1S/C15H20O6/c1-10(17)21-14-8-13(18)11(12(14)9-16)6-4-2-3-5-7-15(19)20/h9,14H,2-8H2,1H3,(H,19,20). The second kappa shape index (κ2) is 8.34. The zero-order chi connectivity index (χ0) is 15.8. The Bertz CT molecular complexity index is 463. The second-order valence-corrected chi connectivity index (χ2v) is 5.09. The number of aldehydes is 1. The van der Waals surface area contributed by atoms with Crippen molar-refractivity contribution in [3.05, 3.63) is 11.1 Å². The SMILES string of the molecule is CC(=O)OC1CC(=O)C(CCCCCCC(=O)O)=C1C=O. The van der Waals surface area contributed by atoms with E-state index in [-0.39, 0.29) is 24.2 Å². The smallest absolute Gasteiger partial charge is 0.303 e. The third-order valence-corrected chi connectivity index (χ3v) is 3.41. The van der Waals surface area contributed by atoms with E-state index in [2.05, 4.69) is 0 Å². The highest BCUT2D eigenvalue weighted by Crippen LogP contribution is 2.28. The molecule has 21 heavy (non-hydrogen) atoms. The molecular weight excluding hydrogens is 276 g/mol. The zero-order valence-corrected chi connectivity index (χ0v) is 12.1. The number of hydrogen-bond acceptors (Lipinski definition) is 5. The molecule has 0 radical (unpaired) electrons. The van der Waals surface area contributed by atoms with Crippen molar-refractivity contribution in [2.45, 2.75) is 58.0 Å². The van der Waals surface area contributed by atoms with Crippen molar-refractivity contribution in [3.8, 4) is 0 Å². The van der Waals surface area contributed by atoms with E-state index in [1.165, 1.54) is 6.92 Å². The van der Waals surface area contributed by atoms with Crippen LogP contribution in [0.3, 0.4) is 0 Å². The van der Waals surface area contributed by atoms with Gasteiger partial charge in [0.2, 0.25) is 0 Å². The van der Waals surface area contributed by atoms with E-state index in [4.69, 9.17) is 9.84 Å². The summed E-state index contributed by atoms with van der Waals surface area (Å²) in [5.74, 6) is -1.47. The van der Waals surface area contributed by atoms with Crippen LogP contribution in [0.5, 0.6) is 0 Å². The molecule has 0 amide bonds. The Balaban J connectivity index is 2.47. The molecule has 0 spiro atoms. The predicted molar refractivity (Wildman–Crippen MR) is 73.6 cm³/mol. The van der Waals surface area contributed by atoms with E-state index < -0.39 is 18.0 Å². The number of Topliss-reactive ketones (excluding diaryl/α,β-unsaturated/α-hetero) is 1. The van der Waals surface area contributed by atoms with Crippen molar-refractivity contribution in [2.24, 2.45) is 0 Å². The third kappa shape index (κ3) is 5.49. The molecule has 0 saturated carbocycles. The number of unbranched alkanes of at least 4 members (excludes halogenated alkanes) is 3. The molecule has 0 bridgehead atoms. The van der Waals surface area contributed by atoms with E-state index in [1.807, 2.05) is 0 Å². The third-order valence-electron chi connectivity index (χ3n) is 3.41. The summed E-state index contributed by atoms with van der Waals surface area (Å²) in [6.45, 7) is 1.24. The van der Waals surface area contributed by atoms with Crippen molar-refractivity contribution in [3.63, 3.8) is 0 Å². The van der Waals surface area contributed by atoms with Gasteiger partial charge in [0.25, 0.3) is 0 Å². The largest absolute Gasteiger partial charge is 0.481 e. The van der Waals surface area contributed by atoms with E-state index in [9.17, 15) is 19.2 Å². The van der Waals surface area contributed by atoms with Gasteiger partial charge < -0.3 is 9.84 Å². The van der Waals surface area contributed by atoms with Gasteiger partial charge in [-0.15, -0.1) is 0 Å². The summed E-state index contributed by atoms with van der Waals surface area (Å²) in [7, 11) is 0. The average molecular weight is 296 g/mol. The molecule has 1 rings (SSSR count). The summed E-state index contributed by atoms with van der Waals surface area (Å²) in [6.07, 6.45) is 3.42. The molecule has 1 atom stereocenters. The number of ketones is 1. The molecule has 116 valence electrons. The van der Waals surface area contributed by atoms with Gasteiger partial charge in [-0.05, 0) is 19.3 Å². The summed E-state index contributed by atoms with van der Waals surface area (Å²) >= 11 is 0. The van der Waals surface area contributed by atoms with Crippen LogP contribution in [0.15, 0.2) is 11.1 Å². The van der Waals surface area contributed by atoms with Crippen LogP contribution in [-0.4, -0.2) is 35.2 Å². The maximum atomic E-state index is 11.9. The predicted octanol–water partition coefficient (Wildman–Crippen LogP) is 1.81. The molecule has 0 saturated heterocycles. The van der Waals surface area contributed by atoms with Gasteiger partial charge in [-0.2, -0.15) is 0 Å². The van der Waals surface area contributed by atoms with Gasteiger partial charge in [0.1, 0.15) is 12.4 Å². The van der Waals surface area contributed by atoms with Crippen LogP contribution >= 0.6 is 0 Å². The first-order chi connectivity index (χ1) is 9.95. The Morgan fingerprint density at radius 2 is 1.95 bits per heavy atom. The minimum atomic E-state index is -0.809. The number of carboxylic acid groups (broad SMARTS) is 1. The van der Waals surface area contributed by atoms with Crippen LogP contribution in [0, 0.1) is 0 Å². The van der Waals surface area contributed by atoms with Crippen molar-refractivity contribution in [1.82, 2.24) is 0 Å². The summed E-state index contributed by atoms with van der Waals surface area (Å²) in [5.41, 5.74) is 0.732. The highest BCUT2D eigenvalue weighted by atomic mass is 16.5. The first kappa shape index (κ1) is 17.1. The van der Waals surface area contributed by atoms with Crippen LogP contribution in [0.1, 0.15) is 51.9 Å². The molecule has 0 aliphatic heterocycles. The minimum Gasteiger partial charge on any atom is -0.481 e. The molecular formula is C15H20O6. The van der Waals surface area contributed by atoms with Crippen molar-refractivity contribution < 1.29 is 29.0 Å². The molecule has 0 aromatic rings. The van der Waals surface area contributed by atoms with Gasteiger partial charge in [0.15, 0.2) is 5.78 Å². The molecule has 0 heterocycles. The van der Waals surface area contributed by atoms with Crippen molar-refractivity contribution in [1.29, 1.82) is 0 Å². The lowest BCUT2D eigenvalue weighted by molar-refractivity contribution is -0.145. The number of rotatable bonds is 9. The van der Waals surface area contributed by atoms with Crippen molar-refractivity contribution >= 4 is 24.0 Å². The van der Waals surface area contributed by atoms with E-state index in [0.29, 0.717) is 31.1 Å². The molecule has 6 heteroatoms. The number of allylic oxidation sites excluding steroid dienone is 1. The summed E-state index contributed by atoms with van der Waals surface area (Å²) in [4.78, 5) is 44.3. The second-order valence-electron chi connectivity index (χ2n) is 5.09. The fourth-order valence-corrected chi connectivity index (χ4v) is 2.42. The number of esters is 1. The molecule has 1 aliphatic rings. The van der Waals surface area contributed by atoms with Crippen LogP contribution < -0.4 is 0 Å². The summed E-state index contributed by atoms with van der Waals surface area (Å²) < 4.78 is 4.97. The summed E-state index contributed by atoms with van der Waals surface area (Å²) in [6, 6.07) is 0. The van der Waals surface area contributed by atoms with Crippen LogP contribution in [0.25, 0.3) is 0 Å². The Morgan fingerprint density at radius 3 is 2.52 bits per heavy atom. The van der Waals surface area contributed by atoms with E-state index in [1.54, 1.807) is 0 Å². The summed E-state index contributed by atoms with van der Waals surface area (Å²) in [5, 5.41) is 8.51. The van der Waals surface area contributed by atoms with Gasteiger partial charge in [-0.1, -0.05) is 12.8 Å². The molecule has 1 aliphatic carbocycles. The fraction of sp³-hybridized carbons (Fsp3) is 0.600. The van der Waals surface area contributed by atoms with Gasteiger partial charge in [0, 0.05) is 24.5 Å². The zero-order valence-electron chi connectivity index (χ0n) is 12.1. The lowest BCUT2D eigenvalue weighted by atomic mass is 10.0. The van der Waals surface area contributed by atoms with Crippen LogP contribution in [0.2, 0.25) is 0 Å². The first-order valence-electron chi connectivity index (χ1n) is 7.06. The molecule has 0 aromatic heterocycles. The number of aliphatic carboxylic acids is 1. The minimum absolute atomic E-state index is 0.0437. The number of hydrogen-bond donors (Lipinski definition) is 1. The lowest BCUT2D eigenvalue weighted by Crippen LogP contribution is -2.17. The lowest BCUT2D eigenvalue weighted by Gasteiger charge is -2.09. The quantitative estimate of drug-likeness (QED) is 0.396. The monoisotopic (exact) mass is 296 g/mol. The van der Waals surface area contributed by atoms with Crippen LogP contribution in [-0.2, 0) is 23.9 Å². The highest BCUT2D eigenvalue weighted by Gasteiger charge is 2.33. The highest BCUT2D eigenvalue weighted by molar-refractivity contribution is 6.05. The van der Waals surface area contributed by atoms with Gasteiger partial charge in [0.05, 0.1) is 6.42 Å². The van der Waals surface area contributed by atoms with Gasteiger partial charge >= 0.3 is 11.9 Å². The Morgan fingerprint density at radius 1 is 1.29 bits per heavy atom. The first-order valence-corrected chi connectivity index (χ1v) is 7.06. The Kier molecular flexibility index (Phi) is 6.78. The number of ether oxygens (including phenoxy) is 1. The molecule has 0 fully saturated rings. The maximum Gasteiger partial charge on any atom is 0.303 e. The van der Waals surface area contributed by atoms with E-state index >= 15 is 0 Å². The molecule has 0 aromatic carbocycles. The number of carbonyl (C=O) groups excluding carboxylic acids is 3. The van der Waals surface area contributed by atoms with Gasteiger partial charge in [-0.3, -0.25) is 19.2 Å². The number of carbonyl (C=O) groups is 4. The van der Waals surface area contributed by atoms with E-state index in [0.717, 1.165) is 12.8 Å².